The number of rotatable bonds is 7. The third kappa shape index (κ3) is 5.43. The number of nitrogens with one attached hydrogen (secondary N) is 1. The van der Waals surface area contributed by atoms with Crippen molar-refractivity contribution in [2.45, 2.75) is 32.2 Å². The first-order valence-electron chi connectivity index (χ1n) is 7.59. The maximum absolute atomic E-state index is 5.69. The lowest BCUT2D eigenvalue weighted by Crippen LogP contribution is -2.43. The Labute approximate surface area is 130 Å². The number of halogens is 1. The summed E-state index contributed by atoms with van der Waals surface area (Å²) in [6.07, 6.45) is 4.12. The fraction of sp³-hybridized carbons (Fsp3) is 0.625. The highest BCUT2D eigenvalue weighted by Gasteiger charge is 2.15. The van der Waals surface area contributed by atoms with E-state index in [0.29, 0.717) is 12.6 Å². The lowest BCUT2D eigenvalue weighted by Gasteiger charge is -2.32. The van der Waals surface area contributed by atoms with E-state index in [2.05, 4.69) is 33.1 Å². The Morgan fingerprint density at radius 1 is 1.20 bits per heavy atom. The molecule has 0 radical (unpaired) electrons. The number of ether oxygens (including phenoxy) is 1. The van der Waals surface area contributed by atoms with Crippen LogP contribution in [0.25, 0.3) is 0 Å². The van der Waals surface area contributed by atoms with Gasteiger partial charge in [-0.25, -0.2) is 0 Å². The predicted molar refractivity (Wildman–Crippen MR) is 87.4 cm³/mol. The lowest BCUT2D eigenvalue weighted by molar-refractivity contribution is 0.169. The molecule has 1 fully saturated rings. The summed E-state index contributed by atoms with van der Waals surface area (Å²) in [5.41, 5.74) is 0. The summed E-state index contributed by atoms with van der Waals surface area (Å²) in [4.78, 5) is 2.59. The molecule has 0 aromatic heterocycles. The monoisotopic (exact) mass is 340 g/mol. The molecule has 1 saturated heterocycles. The number of likely N-dealkylation sites (tertiary alicyclic amines) is 1. The Bertz CT molecular complexity index is 377. The molecule has 1 heterocycles. The quantitative estimate of drug-likeness (QED) is 0.771. The van der Waals surface area contributed by atoms with Crippen molar-refractivity contribution < 1.29 is 4.74 Å². The highest BCUT2D eigenvalue weighted by Crippen LogP contribution is 2.15. The van der Waals surface area contributed by atoms with Crippen LogP contribution in [0.3, 0.4) is 0 Å². The van der Waals surface area contributed by atoms with Crippen LogP contribution in [0.2, 0.25) is 0 Å². The fourth-order valence-electron chi connectivity index (χ4n) is 2.57. The van der Waals surface area contributed by atoms with Gasteiger partial charge in [-0.15, -0.1) is 0 Å². The Morgan fingerprint density at radius 2 is 1.90 bits per heavy atom. The molecule has 20 heavy (non-hydrogen) atoms. The molecule has 1 aromatic carbocycles. The molecule has 4 heteroatoms. The van der Waals surface area contributed by atoms with Crippen LogP contribution in [-0.4, -0.2) is 43.7 Å². The van der Waals surface area contributed by atoms with Gasteiger partial charge in [-0.05, 0) is 57.1 Å². The number of nitrogens with zero attached hydrogens (tertiary/aromatic N) is 1. The van der Waals surface area contributed by atoms with Gasteiger partial charge in [0.1, 0.15) is 12.4 Å². The molecule has 1 aliphatic heterocycles. The van der Waals surface area contributed by atoms with Gasteiger partial charge in [0.25, 0.3) is 0 Å². The second kappa shape index (κ2) is 8.65. The first-order valence-corrected chi connectivity index (χ1v) is 8.38. The molecule has 0 bridgehead atoms. The second-order valence-corrected chi connectivity index (χ2v) is 6.37. The summed E-state index contributed by atoms with van der Waals surface area (Å²) in [5.74, 6) is 0.930. The summed E-state index contributed by atoms with van der Waals surface area (Å²) in [6.45, 7) is 7.50. The van der Waals surface area contributed by atoms with Crippen molar-refractivity contribution in [2.75, 3.05) is 32.8 Å². The van der Waals surface area contributed by atoms with Crippen LogP contribution in [0.1, 0.15) is 26.2 Å². The second-order valence-electron chi connectivity index (χ2n) is 5.45. The molecule has 0 saturated carbocycles. The third-order valence-corrected chi connectivity index (χ3v) is 4.34. The Balaban J connectivity index is 1.55. The minimum Gasteiger partial charge on any atom is -0.492 e. The number of hydrogen-bond acceptors (Lipinski definition) is 3. The first kappa shape index (κ1) is 15.8. The largest absolute Gasteiger partial charge is 0.492 e. The van der Waals surface area contributed by atoms with E-state index in [1.165, 1.54) is 32.4 Å². The molecule has 112 valence electrons. The van der Waals surface area contributed by atoms with Crippen LogP contribution in [0.5, 0.6) is 5.75 Å². The van der Waals surface area contributed by atoms with Crippen molar-refractivity contribution in [2.24, 2.45) is 0 Å². The molecule has 1 unspecified atom stereocenters. The number of hydrogen-bond donors (Lipinski definition) is 1. The lowest BCUT2D eigenvalue weighted by atomic mass is 10.1. The summed E-state index contributed by atoms with van der Waals surface area (Å²) < 4.78 is 6.77. The van der Waals surface area contributed by atoms with Crippen molar-refractivity contribution in [3.8, 4) is 5.75 Å². The maximum atomic E-state index is 5.69. The molecule has 1 atom stereocenters. The first-order chi connectivity index (χ1) is 9.75. The van der Waals surface area contributed by atoms with Gasteiger partial charge in [0.15, 0.2) is 0 Å². The van der Waals surface area contributed by atoms with Crippen molar-refractivity contribution in [1.82, 2.24) is 10.2 Å². The van der Waals surface area contributed by atoms with Crippen LogP contribution >= 0.6 is 15.9 Å². The highest BCUT2D eigenvalue weighted by molar-refractivity contribution is 9.10. The van der Waals surface area contributed by atoms with Crippen LogP contribution in [0, 0.1) is 0 Å². The summed E-state index contributed by atoms with van der Waals surface area (Å²) in [6, 6.07) is 8.60. The molecule has 2 rings (SSSR count). The van der Waals surface area contributed by atoms with Crippen LogP contribution < -0.4 is 10.1 Å². The van der Waals surface area contributed by atoms with Gasteiger partial charge < -0.3 is 10.1 Å². The van der Waals surface area contributed by atoms with Crippen molar-refractivity contribution in [3.05, 3.63) is 28.7 Å². The van der Waals surface area contributed by atoms with E-state index in [1.54, 1.807) is 0 Å². The smallest absolute Gasteiger partial charge is 0.119 e. The standard InChI is InChI=1S/C16H25BrN2O/c1-14(19-10-3-2-4-11-19)13-18-9-12-20-16-7-5-15(17)6-8-16/h5-8,14,18H,2-4,9-13H2,1H3. The van der Waals surface area contributed by atoms with Gasteiger partial charge in [-0.2, -0.15) is 0 Å². The van der Waals surface area contributed by atoms with Crippen molar-refractivity contribution in [1.29, 1.82) is 0 Å². The molecular formula is C16H25BrN2O. The Morgan fingerprint density at radius 3 is 2.60 bits per heavy atom. The van der Waals surface area contributed by atoms with Gasteiger partial charge in [0.2, 0.25) is 0 Å². The molecule has 1 aliphatic rings. The molecule has 0 amide bonds. The van der Waals surface area contributed by atoms with Gasteiger partial charge in [-0.1, -0.05) is 22.4 Å². The van der Waals surface area contributed by atoms with Crippen molar-refractivity contribution >= 4 is 15.9 Å². The van der Waals surface area contributed by atoms with Gasteiger partial charge in [-0.3, -0.25) is 4.90 Å². The SMILES string of the molecule is CC(CNCCOc1ccc(Br)cc1)N1CCCCC1. The summed E-state index contributed by atoms with van der Waals surface area (Å²) in [5, 5.41) is 3.49. The molecule has 0 spiro atoms. The zero-order valence-electron chi connectivity index (χ0n) is 12.3. The zero-order valence-corrected chi connectivity index (χ0v) is 13.9. The van der Waals surface area contributed by atoms with E-state index >= 15 is 0 Å². The van der Waals surface area contributed by atoms with Gasteiger partial charge in [0.05, 0.1) is 0 Å². The molecule has 3 nitrogen and oxygen atoms in total. The molecule has 0 aliphatic carbocycles. The van der Waals surface area contributed by atoms with E-state index in [4.69, 9.17) is 4.74 Å². The van der Waals surface area contributed by atoms with Crippen LogP contribution in [0.4, 0.5) is 0 Å². The molecule has 1 aromatic rings. The van der Waals surface area contributed by atoms with E-state index in [9.17, 15) is 0 Å². The van der Waals surface area contributed by atoms with E-state index < -0.39 is 0 Å². The maximum Gasteiger partial charge on any atom is 0.119 e. The molecule has 1 N–H and O–H groups in total. The van der Waals surface area contributed by atoms with Gasteiger partial charge >= 0.3 is 0 Å². The van der Waals surface area contributed by atoms with E-state index in [-0.39, 0.29) is 0 Å². The fourth-order valence-corrected chi connectivity index (χ4v) is 2.84. The number of benzene rings is 1. The van der Waals surface area contributed by atoms with Crippen LogP contribution in [0.15, 0.2) is 28.7 Å². The van der Waals surface area contributed by atoms with Crippen LogP contribution in [-0.2, 0) is 0 Å². The molecular weight excluding hydrogens is 316 g/mol. The summed E-state index contributed by atoms with van der Waals surface area (Å²) >= 11 is 3.42. The number of piperidine rings is 1. The topological polar surface area (TPSA) is 24.5 Å². The Kier molecular flexibility index (Phi) is 6.83. The predicted octanol–water partition coefficient (Wildman–Crippen LogP) is 3.29. The van der Waals surface area contributed by atoms with Crippen molar-refractivity contribution in [3.63, 3.8) is 0 Å². The summed E-state index contributed by atoms with van der Waals surface area (Å²) in [7, 11) is 0. The third-order valence-electron chi connectivity index (χ3n) is 3.81. The zero-order chi connectivity index (χ0) is 14.2. The normalized spacial score (nSPS) is 17.9. The Hall–Kier alpha value is -0.580. The minimum absolute atomic E-state index is 0.628. The average molecular weight is 341 g/mol. The average Bonchev–Trinajstić information content (AvgIpc) is 2.49. The van der Waals surface area contributed by atoms with E-state index in [0.717, 1.165) is 23.3 Å². The highest BCUT2D eigenvalue weighted by atomic mass is 79.9. The minimum atomic E-state index is 0.628. The van der Waals surface area contributed by atoms with Gasteiger partial charge in [0, 0.05) is 23.6 Å². The van der Waals surface area contributed by atoms with E-state index in [1.807, 2.05) is 24.3 Å².